The van der Waals surface area contributed by atoms with Crippen molar-refractivity contribution < 1.29 is 14.3 Å². The Morgan fingerprint density at radius 2 is 1.79 bits per heavy atom. The Morgan fingerprint density at radius 3 is 2.29 bits per heavy atom. The van der Waals surface area contributed by atoms with E-state index in [4.69, 9.17) is 51.8 Å². The van der Waals surface area contributed by atoms with Gasteiger partial charge in [0, 0.05) is 19.8 Å². The number of hydrogen-bond donors (Lipinski definition) is 3. The van der Waals surface area contributed by atoms with E-state index in [1.54, 1.807) is 38.4 Å². The minimum absolute atomic E-state index is 0.119. The Kier molecular flexibility index (Phi) is 10.1. The highest BCUT2D eigenvalue weighted by molar-refractivity contribution is 7.80. The van der Waals surface area contributed by atoms with Gasteiger partial charge in [0.1, 0.15) is 0 Å². The molecule has 1 rings (SSSR count). The number of amides is 2. The van der Waals surface area contributed by atoms with Gasteiger partial charge in [0.25, 0.3) is 0 Å². The molecule has 1 aromatic carbocycles. The second kappa shape index (κ2) is 11.5. The van der Waals surface area contributed by atoms with Crippen LogP contribution in [0.25, 0.3) is 0 Å². The molecule has 0 bridgehead atoms. The lowest BCUT2D eigenvalue weighted by atomic mass is 10.2. The number of unbranched alkanes of at least 4 members (excludes halogenated alkanes) is 1. The molecule has 2 amide bonds. The third-order valence-corrected chi connectivity index (χ3v) is 4.26. The summed E-state index contributed by atoms with van der Waals surface area (Å²) in [5, 5.41) is 8.26. The van der Waals surface area contributed by atoms with Crippen LogP contribution in [-0.4, -0.2) is 52.7 Å². The van der Waals surface area contributed by atoms with Gasteiger partial charge in [-0.05, 0) is 42.9 Å². The second-order valence-electron chi connectivity index (χ2n) is 5.98. The van der Waals surface area contributed by atoms with Crippen LogP contribution < -0.4 is 16.0 Å². The number of anilines is 1. The van der Waals surface area contributed by atoms with Crippen LogP contribution in [0.3, 0.4) is 0 Å². The van der Waals surface area contributed by atoms with Crippen molar-refractivity contribution in [3.63, 3.8) is 0 Å². The van der Waals surface area contributed by atoms with Crippen LogP contribution in [0, 0.1) is 0 Å². The molecule has 0 saturated heterocycles. The zero-order chi connectivity index (χ0) is 21.3. The number of benzene rings is 1. The van der Waals surface area contributed by atoms with Crippen molar-refractivity contribution in [2.75, 3.05) is 26.0 Å². The lowest BCUT2D eigenvalue weighted by molar-refractivity contribution is 0.0499. The van der Waals surface area contributed by atoms with Crippen molar-refractivity contribution in [1.29, 1.82) is 0 Å². The van der Waals surface area contributed by atoms with Crippen molar-refractivity contribution in [3.8, 4) is 0 Å². The maximum Gasteiger partial charge on any atom is 0.338 e. The molecule has 0 radical (unpaired) electrons. The highest BCUT2D eigenvalue weighted by Gasteiger charge is 2.35. The highest BCUT2D eigenvalue weighted by Crippen LogP contribution is 2.29. The van der Waals surface area contributed by atoms with Gasteiger partial charge in [0.15, 0.2) is 11.3 Å². The van der Waals surface area contributed by atoms with Crippen LogP contribution in [0.5, 0.6) is 0 Å². The first-order chi connectivity index (χ1) is 13.0. The molecule has 156 valence electrons. The molecule has 1 aromatic rings. The predicted octanol–water partition coefficient (Wildman–Crippen LogP) is 3.90. The summed E-state index contributed by atoms with van der Waals surface area (Å²) in [4.78, 5) is 25.0. The smallest absolute Gasteiger partial charge is 0.338 e. The van der Waals surface area contributed by atoms with Crippen LogP contribution >= 0.6 is 47.0 Å². The molecule has 0 spiro atoms. The zero-order valence-electron chi connectivity index (χ0n) is 15.7. The number of alkyl halides is 3. The van der Waals surface area contributed by atoms with E-state index in [9.17, 15) is 9.59 Å². The number of urea groups is 1. The number of rotatable bonds is 7. The number of carbonyl (C=O) groups excluding carboxylic acids is 2. The van der Waals surface area contributed by atoms with Crippen LogP contribution in [0.2, 0.25) is 0 Å². The quantitative estimate of drug-likeness (QED) is 0.185. The summed E-state index contributed by atoms with van der Waals surface area (Å²) in [6.45, 7) is 2.41. The van der Waals surface area contributed by atoms with Gasteiger partial charge in [0.05, 0.1) is 12.2 Å². The normalized spacial score (nSPS) is 11.9. The molecule has 0 aliphatic rings. The van der Waals surface area contributed by atoms with Crippen LogP contribution in [-0.2, 0) is 4.74 Å². The summed E-state index contributed by atoms with van der Waals surface area (Å²) < 4.78 is 3.31. The molecule has 0 fully saturated rings. The molecule has 1 atom stereocenters. The maximum absolute atomic E-state index is 11.9. The van der Waals surface area contributed by atoms with E-state index in [0.29, 0.717) is 17.9 Å². The van der Waals surface area contributed by atoms with Crippen LogP contribution in [0.4, 0.5) is 10.5 Å². The fraction of sp³-hybridized carbons (Fsp3) is 0.471. The molecule has 0 saturated carbocycles. The fourth-order valence-electron chi connectivity index (χ4n) is 1.83. The molecule has 1 unspecified atom stereocenters. The summed E-state index contributed by atoms with van der Waals surface area (Å²) in [6.07, 6.45) is 0.699. The molecule has 0 aromatic heterocycles. The molecule has 0 heterocycles. The van der Waals surface area contributed by atoms with Gasteiger partial charge in [-0.25, -0.2) is 9.59 Å². The number of nitrogens with zero attached hydrogens (tertiary/aromatic N) is 1. The van der Waals surface area contributed by atoms with E-state index >= 15 is 0 Å². The summed E-state index contributed by atoms with van der Waals surface area (Å²) in [7, 11) is 3.10. The first-order valence-electron chi connectivity index (χ1n) is 8.43. The van der Waals surface area contributed by atoms with Crippen LogP contribution in [0.1, 0.15) is 30.1 Å². The monoisotopic (exact) mass is 468 g/mol. The van der Waals surface area contributed by atoms with E-state index in [-0.39, 0.29) is 11.1 Å². The summed E-state index contributed by atoms with van der Waals surface area (Å²) in [5.41, 5.74) is 1.03. The number of esters is 1. The molecule has 28 heavy (non-hydrogen) atoms. The largest absolute Gasteiger partial charge is 0.462 e. The lowest BCUT2D eigenvalue weighted by Gasteiger charge is -2.28. The SMILES string of the molecule is CCCCOC(=O)c1ccc(NC(=S)NC(NC(=O)N(C)C)C(Cl)(Cl)Cl)cc1. The standard InChI is InChI=1S/C17H23Cl3N4O3S/c1-4-5-10-27-13(25)11-6-8-12(9-7-11)21-15(28)22-14(17(18,19)20)23-16(26)24(2)3/h6-9,14H,4-5,10H2,1-3H3,(H,23,26)(H2,21,22,28). The fourth-order valence-corrected chi connectivity index (χ4v) is 2.40. The first-order valence-corrected chi connectivity index (χ1v) is 9.98. The van der Waals surface area contributed by atoms with E-state index in [1.165, 1.54) is 4.90 Å². The van der Waals surface area contributed by atoms with Gasteiger partial charge >= 0.3 is 12.0 Å². The Hall–Kier alpha value is -1.48. The van der Waals surface area contributed by atoms with Crippen molar-refractivity contribution in [1.82, 2.24) is 15.5 Å². The van der Waals surface area contributed by atoms with E-state index in [1.807, 2.05) is 6.92 Å². The molecule has 11 heteroatoms. The van der Waals surface area contributed by atoms with Crippen molar-refractivity contribution in [2.24, 2.45) is 0 Å². The molecule has 0 aliphatic carbocycles. The molecule has 3 N–H and O–H groups in total. The summed E-state index contributed by atoms with van der Waals surface area (Å²) in [6, 6.07) is 6.08. The van der Waals surface area contributed by atoms with E-state index in [0.717, 1.165) is 12.8 Å². The van der Waals surface area contributed by atoms with Gasteiger partial charge in [-0.2, -0.15) is 0 Å². The first kappa shape index (κ1) is 24.6. The Balaban J connectivity index is 2.67. The lowest BCUT2D eigenvalue weighted by Crippen LogP contribution is -2.57. The molecule has 0 aliphatic heterocycles. The third kappa shape index (κ3) is 8.68. The number of hydrogen-bond acceptors (Lipinski definition) is 4. The van der Waals surface area contributed by atoms with E-state index in [2.05, 4.69) is 16.0 Å². The highest BCUT2D eigenvalue weighted by atomic mass is 35.6. The summed E-state index contributed by atoms with van der Waals surface area (Å²) in [5.74, 6) is -0.386. The Labute approximate surface area is 185 Å². The van der Waals surface area contributed by atoms with Crippen molar-refractivity contribution >= 4 is 69.8 Å². The zero-order valence-corrected chi connectivity index (χ0v) is 18.8. The summed E-state index contributed by atoms with van der Waals surface area (Å²) >= 11 is 22.9. The average Bonchev–Trinajstić information content (AvgIpc) is 2.60. The number of carbonyl (C=O) groups is 2. The minimum Gasteiger partial charge on any atom is -0.462 e. The van der Waals surface area contributed by atoms with Crippen LogP contribution in [0.15, 0.2) is 24.3 Å². The molecule has 7 nitrogen and oxygen atoms in total. The number of thiocarbonyl (C=S) groups is 1. The molecular weight excluding hydrogens is 447 g/mol. The van der Waals surface area contributed by atoms with Crippen molar-refractivity contribution in [3.05, 3.63) is 29.8 Å². The van der Waals surface area contributed by atoms with Gasteiger partial charge in [-0.15, -0.1) is 0 Å². The topological polar surface area (TPSA) is 82.7 Å². The number of ether oxygens (including phenoxy) is 1. The third-order valence-electron chi connectivity index (χ3n) is 3.39. The van der Waals surface area contributed by atoms with Gasteiger partial charge in [0.2, 0.25) is 3.79 Å². The average molecular weight is 470 g/mol. The van der Waals surface area contributed by atoms with Gasteiger partial charge in [-0.3, -0.25) is 0 Å². The number of nitrogens with one attached hydrogen (secondary N) is 3. The minimum atomic E-state index is -1.84. The Bertz CT molecular complexity index is 681. The van der Waals surface area contributed by atoms with Crippen molar-refractivity contribution in [2.45, 2.75) is 29.7 Å². The predicted molar refractivity (Wildman–Crippen MR) is 117 cm³/mol. The Morgan fingerprint density at radius 1 is 1.18 bits per heavy atom. The van der Waals surface area contributed by atoms with Gasteiger partial charge in [-0.1, -0.05) is 48.1 Å². The molecular formula is C17H23Cl3N4O3S. The van der Waals surface area contributed by atoms with E-state index < -0.39 is 16.0 Å². The number of halogens is 3. The second-order valence-corrected chi connectivity index (χ2v) is 8.76. The maximum atomic E-state index is 11.9. The van der Waals surface area contributed by atoms with Gasteiger partial charge < -0.3 is 25.6 Å².